The minimum atomic E-state index is -1.08. The van der Waals surface area contributed by atoms with Gasteiger partial charge >= 0.3 is 5.97 Å². The molecule has 1 aromatic heterocycles. The first-order valence-corrected chi connectivity index (χ1v) is 8.80. The Balaban J connectivity index is 1.71. The van der Waals surface area contributed by atoms with Crippen LogP contribution >= 0.6 is 0 Å². The van der Waals surface area contributed by atoms with Crippen LogP contribution in [0, 0.1) is 6.92 Å². The molecule has 0 radical (unpaired) electrons. The van der Waals surface area contributed by atoms with Gasteiger partial charge in [0, 0.05) is 24.1 Å². The molecule has 2 aromatic carbocycles. The zero-order valence-corrected chi connectivity index (χ0v) is 14.9. The molecule has 1 aliphatic heterocycles. The van der Waals surface area contributed by atoms with E-state index >= 15 is 0 Å². The number of benzene rings is 2. The second-order valence-electron chi connectivity index (χ2n) is 6.67. The van der Waals surface area contributed by atoms with E-state index in [1.165, 1.54) is 0 Å². The van der Waals surface area contributed by atoms with E-state index in [2.05, 4.69) is 5.10 Å². The predicted octanol–water partition coefficient (Wildman–Crippen LogP) is 3.08. The van der Waals surface area contributed by atoms with Gasteiger partial charge in [-0.05, 0) is 31.2 Å². The van der Waals surface area contributed by atoms with Gasteiger partial charge in [-0.1, -0.05) is 35.9 Å². The standard InChI is InChI=1S/C21H19N3O3/c1-14-6-5-7-15(12-14)20(25)23-11-10-18-17(13-23)19(21(26)27)22-24(18)16-8-3-2-4-9-16/h2-9,12H,10-11,13H2,1H3,(H,26,27). The number of rotatable bonds is 3. The molecule has 2 heterocycles. The molecule has 0 saturated heterocycles. The van der Waals surface area contributed by atoms with Gasteiger partial charge in [0.15, 0.2) is 5.69 Å². The Kier molecular flexibility index (Phi) is 4.24. The van der Waals surface area contributed by atoms with Crippen molar-refractivity contribution in [2.24, 2.45) is 0 Å². The van der Waals surface area contributed by atoms with E-state index in [1.807, 2.05) is 55.5 Å². The Labute approximate surface area is 156 Å². The maximum atomic E-state index is 12.9. The van der Waals surface area contributed by atoms with Gasteiger partial charge in [0.25, 0.3) is 5.91 Å². The lowest BCUT2D eigenvalue weighted by molar-refractivity contribution is 0.0674. The van der Waals surface area contributed by atoms with Crippen LogP contribution in [0.3, 0.4) is 0 Å². The Morgan fingerprint density at radius 3 is 2.56 bits per heavy atom. The minimum Gasteiger partial charge on any atom is -0.476 e. The van der Waals surface area contributed by atoms with Crippen LogP contribution in [0.2, 0.25) is 0 Å². The van der Waals surface area contributed by atoms with Gasteiger partial charge in [-0.2, -0.15) is 5.10 Å². The zero-order valence-electron chi connectivity index (χ0n) is 14.9. The van der Waals surface area contributed by atoms with Crippen LogP contribution in [0.15, 0.2) is 54.6 Å². The molecule has 0 bridgehead atoms. The van der Waals surface area contributed by atoms with E-state index in [9.17, 15) is 14.7 Å². The first kappa shape index (κ1) is 17.0. The molecule has 136 valence electrons. The number of nitrogens with zero attached hydrogens (tertiary/aromatic N) is 3. The van der Waals surface area contributed by atoms with Gasteiger partial charge in [-0.3, -0.25) is 4.79 Å². The fourth-order valence-electron chi connectivity index (χ4n) is 3.51. The zero-order chi connectivity index (χ0) is 19.0. The van der Waals surface area contributed by atoms with Crippen LogP contribution < -0.4 is 0 Å². The summed E-state index contributed by atoms with van der Waals surface area (Å²) < 4.78 is 1.69. The monoisotopic (exact) mass is 361 g/mol. The lowest BCUT2D eigenvalue weighted by Crippen LogP contribution is -2.36. The van der Waals surface area contributed by atoms with Gasteiger partial charge in [-0.25, -0.2) is 9.48 Å². The number of carbonyl (C=O) groups is 2. The smallest absolute Gasteiger partial charge is 0.356 e. The lowest BCUT2D eigenvalue weighted by atomic mass is 10.0. The molecule has 0 fully saturated rings. The summed E-state index contributed by atoms with van der Waals surface area (Å²) in [7, 11) is 0. The molecule has 6 nitrogen and oxygen atoms in total. The molecular formula is C21H19N3O3. The highest BCUT2D eigenvalue weighted by Gasteiger charge is 2.30. The Bertz CT molecular complexity index is 1020. The molecular weight excluding hydrogens is 342 g/mol. The number of aryl methyl sites for hydroxylation is 1. The van der Waals surface area contributed by atoms with Gasteiger partial charge < -0.3 is 10.0 Å². The number of para-hydroxylation sites is 1. The van der Waals surface area contributed by atoms with E-state index < -0.39 is 5.97 Å². The van der Waals surface area contributed by atoms with Gasteiger partial charge in [0.2, 0.25) is 0 Å². The number of amides is 1. The molecule has 3 aromatic rings. The maximum absolute atomic E-state index is 12.9. The first-order valence-electron chi connectivity index (χ1n) is 8.80. The van der Waals surface area contributed by atoms with E-state index in [4.69, 9.17) is 0 Å². The van der Waals surface area contributed by atoms with Crippen LogP contribution in [0.4, 0.5) is 0 Å². The highest BCUT2D eigenvalue weighted by molar-refractivity contribution is 5.95. The van der Waals surface area contributed by atoms with Crippen molar-refractivity contribution in [2.75, 3.05) is 6.54 Å². The first-order chi connectivity index (χ1) is 13.0. The predicted molar refractivity (Wildman–Crippen MR) is 100 cm³/mol. The largest absolute Gasteiger partial charge is 0.476 e. The highest BCUT2D eigenvalue weighted by atomic mass is 16.4. The van der Waals surface area contributed by atoms with Gasteiger partial charge in [0.1, 0.15) is 0 Å². The molecule has 1 aliphatic rings. The normalized spacial score (nSPS) is 13.3. The summed E-state index contributed by atoms with van der Waals surface area (Å²) in [5, 5.41) is 13.9. The molecule has 0 saturated carbocycles. The van der Waals surface area contributed by atoms with Crippen molar-refractivity contribution in [3.63, 3.8) is 0 Å². The second kappa shape index (κ2) is 6.72. The molecule has 1 N–H and O–H groups in total. The highest BCUT2D eigenvalue weighted by Crippen LogP contribution is 2.26. The second-order valence-corrected chi connectivity index (χ2v) is 6.67. The molecule has 0 unspecified atom stereocenters. The summed E-state index contributed by atoms with van der Waals surface area (Å²) in [4.78, 5) is 26.3. The third-order valence-electron chi connectivity index (χ3n) is 4.81. The Hall–Kier alpha value is -3.41. The number of aromatic carboxylic acids is 1. The molecule has 0 aliphatic carbocycles. The van der Waals surface area contributed by atoms with Crippen LogP contribution in [0.1, 0.15) is 37.7 Å². The number of carboxylic acid groups (broad SMARTS) is 1. The van der Waals surface area contributed by atoms with Crippen LogP contribution in [0.5, 0.6) is 0 Å². The van der Waals surface area contributed by atoms with Gasteiger partial charge in [-0.15, -0.1) is 0 Å². The van der Waals surface area contributed by atoms with Crippen molar-refractivity contribution in [1.29, 1.82) is 0 Å². The average Bonchev–Trinajstić information content (AvgIpc) is 3.07. The maximum Gasteiger partial charge on any atom is 0.356 e. The van der Waals surface area contributed by atoms with Crippen LogP contribution in [0.25, 0.3) is 5.69 Å². The van der Waals surface area contributed by atoms with E-state index in [0.29, 0.717) is 24.1 Å². The van der Waals surface area contributed by atoms with Crippen molar-refractivity contribution in [2.45, 2.75) is 19.9 Å². The van der Waals surface area contributed by atoms with E-state index in [0.717, 1.165) is 16.9 Å². The molecule has 27 heavy (non-hydrogen) atoms. The summed E-state index contributed by atoms with van der Waals surface area (Å²) >= 11 is 0. The van der Waals surface area contributed by atoms with Crippen molar-refractivity contribution >= 4 is 11.9 Å². The number of hydrogen-bond acceptors (Lipinski definition) is 3. The van der Waals surface area contributed by atoms with Crippen LogP contribution in [-0.2, 0) is 13.0 Å². The molecule has 4 rings (SSSR count). The van der Waals surface area contributed by atoms with Crippen molar-refractivity contribution < 1.29 is 14.7 Å². The summed E-state index contributed by atoms with van der Waals surface area (Å²) in [6, 6.07) is 16.9. The minimum absolute atomic E-state index is 0.00981. The Morgan fingerprint density at radius 1 is 1.07 bits per heavy atom. The summed E-state index contributed by atoms with van der Waals surface area (Å²) in [5.41, 5.74) is 3.92. The fourth-order valence-corrected chi connectivity index (χ4v) is 3.51. The molecule has 0 atom stereocenters. The number of carbonyl (C=O) groups excluding carboxylic acids is 1. The summed E-state index contributed by atoms with van der Waals surface area (Å²) in [5.74, 6) is -1.17. The van der Waals surface area contributed by atoms with E-state index in [1.54, 1.807) is 15.6 Å². The third-order valence-corrected chi connectivity index (χ3v) is 4.81. The SMILES string of the molecule is Cc1cccc(C(=O)N2CCc3c(c(C(=O)O)nn3-c3ccccc3)C2)c1. The summed E-state index contributed by atoms with van der Waals surface area (Å²) in [6.07, 6.45) is 0.558. The Morgan fingerprint density at radius 2 is 1.85 bits per heavy atom. The quantitative estimate of drug-likeness (QED) is 0.778. The average molecular weight is 361 g/mol. The van der Waals surface area contributed by atoms with Crippen molar-refractivity contribution in [1.82, 2.24) is 14.7 Å². The molecule has 6 heteroatoms. The lowest BCUT2D eigenvalue weighted by Gasteiger charge is -2.28. The fraction of sp³-hybridized carbons (Fsp3) is 0.190. The molecule has 0 spiro atoms. The number of aromatic nitrogens is 2. The van der Waals surface area contributed by atoms with Gasteiger partial charge in [0.05, 0.1) is 17.9 Å². The van der Waals surface area contributed by atoms with Crippen LogP contribution in [-0.4, -0.2) is 38.2 Å². The third kappa shape index (κ3) is 3.10. The molecule has 1 amide bonds. The number of fused-ring (bicyclic) bond motifs is 1. The van der Waals surface area contributed by atoms with Crippen molar-refractivity contribution in [3.05, 3.63) is 82.7 Å². The summed E-state index contributed by atoms with van der Waals surface area (Å²) in [6.45, 7) is 2.71. The topological polar surface area (TPSA) is 75.4 Å². The van der Waals surface area contributed by atoms with E-state index in [-0.39, 0.29) is 18.1 Å². The van der Waals surface area contributed by atoms with Crippen molar-refractivity contribution in [3.8, 4) is 5.69 Å². The number of carboxylic acids is 1. The number of hydrogen-bond donors (Lipinski definition) is 1.